The number of ether oxygens (including phenoxy) is 3. The van der Waals surface area contributed by atoms with Gasteiger partial charge in [-0.25, -0.2) is 0 Å². The Morgan fingerprint density at radius 3 is 1.28 bits per heavy atom. The second-order valence-electron chi connectivity index (χ2n) is 10.0. The van der Waals surface area contributed by atoms with Gasteiger partial charge in [0.05, 0.1) is 26.4 Å². The predicted molar refractivity (Wildman–Crippen MR) is 135 cm³/mol. The Morgan fingerprint density at radius 2 is 0.969 bits per heavy atom. The van der Waals surface area contributed by atoms with E-state index in [1.165, 1.54) is 116 Å². The average molecular weight is 457 g/mol. The topological polar surface area (TPSA) is 54.5 Å². The van der Waals surface area contributed by atoms with Crippen molar-refractivity contribution in [3.05, 3.63) is 0 Å². The third-order valence-corrected chi connectivity index (χ3v) is 6.60. The molecule has 4 heteroatoms. The van der Waals surface area contributed by atoms with Crippen LogP contribution in [0.3, 0.4) is 0 Å². The molecule has 2 fully saturated rings. The first-order chi connectivity index (χ1) is 15.8. The summed E-state index contributed by atoms with van der Waals surface area (Å²) in [4.78, 5) is 0. The lowest BCUT2D eigenvalue weighted by atomic mass is 9.95. The molecule has 0 amide bonds. The van der Waals surface area contributed by atoms with Gasteiger partial charge in [0, 0.05) is 6.61 Å². The number of unbranched alkanes of at least 4 members (excludes halogenated alkanes) is 14. The monoisotopic (exact) mass is 456 g/mol. The zero-order valence-corrected chi connectivity index (χ0v) is 21.7. The third kappa shape index (κ3) is 21.7. The molecule has 2 aliphatic heterocycles. The van der Waals surface area contributed by atoms with Crippen molar-refractivity contribution in [2.24, 2.45) is 5.92 Å². The number of hydrogen-bond donors (Lipinski definition) is 1. The van der Waals surface area contributed by atoms with Crippen LogP contribution < -0.4 is 0 Å². The van der Waals surface area contributed by atoms with Gasteiger partial charge < -0.3 is 19.3 Å². The molecule has 1 N–H and O–H groups in total. The van der Waals surface area contributed by atoms with Gasteiger partial charge >= 0.3 is 0 Å². The van der Waals surface area contributed by atoms with Gasteiger partial charge in [0.2, 0.25) is 0 Å². The summed E-state index contributed by atoms with van der Waals surface area (Å²) >= 11 is 0. The molecule has 0 aliphatic carbocycles. The van der Waals surface area contributed by atoms with Gasteiger partial charge in [-0.3, -0.25) is 0 Å². The van der Waals surface area contributed by atoms with Crippen molar-refractivity contribution in [3.63, 3.8) is 0 Å². The van der Waals surface area contributed by atoms with E-state index in [0.29, 0.717) is 24.7 Å². The van der Waals surface area contributed by atoms with E-state index in [2.05, 4.69) is 13.8 Å². The zero-order chi connectivity index (χ0) is 23.1. The SMILES string of the molecule is C(OCC1CO1)C1CO1.CCCCCCCCCCCC(CO)CCCCCCCCC. The molecular weight excluding hydrogens is 400 g/mol. The van der Waals surface area contributed by atoms with Gasteiger partial charge in [-0.05, 0) is 18.8 Å². The molecule has 0 spiro atoms. The van der Waals surface area contributed by atoms with E-state index in [1.807, 2.05) is 0 Å². The lowest BCUT2D eigenvalue weighted by molar-refractivity contribution is 0.102. The fraction of sp³-hybridized carbons (Fsp3) is 1.00. The predicted octanol–water partition coefficient (Wildman–Crippen LogP) is 7.46. The van der Waals surface area contributed by atoms with Gasteiger partial charge in [-0.2, -0.15) is 0 Å². The summed E-state index contributed by atoms with van der Waals surface area (Å²) in [6.07, 6.45) is 25.5. The van der Waals surface area contributed by atoms with E-state index >= 15 is 0 Å². The fourth-order valence-corrected chi connectivity index (χ4v) is 4.12. The van der Waals surface area contributed by atoms with E-state index in [4.69, 9.17) is 14.2 Å². The number of hydrogen-bond acceptors (Lipinski definition) is 4. The molecular formula is C28H56O4. The highest BCUT2D eigenvalue weighted by Gasteiger charge is 2.26. The maximum absolute atomic E-state index is 9.52. The standard InChI is InChI=1S/C22H46O.C6H10O3/c1-3-5-7-9-11-12-14-16-18-20-22(21-23)19-17-15-13-10-8-6-4-2;1(5-3-8-5)7-2-6-4-9-6/h22-23H,3-21H2,1-2H3;5-6H,1-4H2. The zero-order valence-electron chi connectivity index (χ0n) is 21.7. The Bertz CT molecular complexity index is 356. The van der Waals surface area contributed by atoms with E-state index in [1.54, 1.807) is 0 Å². The van der Waals surface area contributed by atoms with Crippen LogP contribution in [0.1, 0.15) is 129 Å². The van der Waals surface area contributed by atoms with Crippen molar-refractivity contribution in [2.75, 3.05) is 33.0 Å². The fourth-order valence-electron chi connectivity index (χ4n) is 4.12. The lowest BCUT2D eigenvalue weighted by Crippen LogP contribution is -2.06. The van der Waals surface area contributed by atoms with Crippen LogP contribution >= 0.6 is 0 Å². The summed E-state index contributed by atoms with van der Waals surface area (Å²) in [5.41, 5.74) is 0. The lowest BCUT2D eigenvalue weighted by Gasteiger charge is -2.13. The molecule has 0 aromatic carbocycles. The summed E-state index contributed by atoms with van der Waals surface area (Å²) in [5.74, 6) is 0.579. The quantitative estimate of drug-likeness (QED) is 0.128. The highest BCUT2D eigenvalue weighted by molar-refractivity contribution is 4.71. The number of rotatable bonds is 23. The molecule has 3 atom stereocenters. The summed E-state index contributed by atoms with van der Waals surface area (Å²) in [7, 11) is 0. The van der Waals surface area contributed by atoms with Crippen LogP contribution in [0.4, 0.5) is 0 Å². The largest absolute Gasteiger partial charge is 0.396 e. The molecule has 2 heterocycles. The third-order valence-electron chi connectivity index (χ3n) is 6.60. The molecule has 0 aromatic rings. The first-order valence-electron chi connectivity index (χ1n) is 14.2. The van der Waals surface area contributed by atoms with Crippen molar-refractivity contribution in [3.8, 4) is 0 Å². The number of aliphatic hydroxyl groups excluding tert-OH is 1. The van der Waals surface area contributed by atoms with Crippen LogP contribution in [0.2, 0.25) is 0 Å². The van der Waals surface area contributed by atoms with E-state index in [9.17, 15) is 5.11 Å². The van der Waals surface area contributed by atoms with Gasteiger partial charge in [-0.15, -0.1) is 0 Å². The van der Waals surface area contributed by atoms with Crippen molar-refractivity contribution in [1.29, 1.82) is 0 Å². The summed E-state index contributed by atoms with van der Waals surface area (Å²) < 4.78 is 15.1. The van der Waals surface area contributed by atoms with Crippen LogP contribution in [0.25, 0.3) is 0 Å². The minimum Gasteiger partial charge on any atom is -0.396 e. The maximum Gasteiger partial charge on any atom is 0.104 e. The molecule has 2 saturated heterocycles. The van der Waals surface area contributed by atoms with Crippen LogP contribution in [-0.4, -0.2) is 50.3 Å². The van der Waals surface area contributed by atoms with E-state index < -0.39 is 0 Å². The van der Waals surface area contributed by atoms with Crippen LogP contribution in [0.15, 0.2) is 0 Å². The Hall–Kier alpha value is -0.160. The van der Waals surface area contributed by atoms with Crippen molar-refractivity contribution >= 4 is 0 Å². The molecule has 0 radical (unpaired) electrons. The van der Waals surface area contributed by atoms with E-state index in [0.717, 1.165) is 26.4 Å². The molecule has 0 saturated carbocycles. The van der Waals surface area contributed by atoms with Crippen LogP contribution in [0.5, 0.6) is 0 Å². The van der Waals surface area contributed by atoms with Crippen molar-refractivity contribution in [2.45, 2.75) is 142 Å². The summed E-state index contributed by atoms with van der Waals surface area (Å²) in [5, 5.41) is 9.52. The Balaban J connectivity index is 0.000000461. The molecule has 2 aliphatic rings. The van der Waals surface area contributed by atoms with Crippen LogP contribution in [0, 0.1) is 5.92 Å². The summed E-state index contributed by atoms with van der Waals surface area (Å²) in [6, 6.07) is 0. The van der Waals surface area contributed by atoms with Gasteiger partial charge in [0.15, 0.2) is 0 Å². The molecule has 32 heavy (non-hydrogen) atoms. The minimum atomic E-state index is 0.392. The van der Waals surface area contributed by atoms with Gasteiger partial charge in [0.25, 0.3) is 0 Å². The number of epoxide rings is 2. The average Bonchev–Trinajstić information content (AvgIpc) is 3.73. The Morgan fingerprint density at radius 1 is 0.625 bits per heavy atom. The highest BCUT2D eigenvalue weighted by Crippen LogP contribution is 2.19. The molecule has 2 rings (SSSR count). The van der Waals surface area contributed by atoms with Gasteiger partial charge in [0.1, 0.15) is 12.2 Å². The second kappa shape index (κ2) is 22.6. The first-order valence-corrected chi connectivity index (χ1v) is 14.2. The van der Waals surface area contributed by atoms with Crippen molar-refractivity contribution < 1.29 is 19.3 Å². The summed E-state index contributed by atoms with van der Waals surface area (Å²) in [6.45, 7) is 8.23. The number of aliphatic hydroxyl groups is 1. The highest BCUT2D eigenvalue weighted by atomic mass is 16.6. The van der Waals surface area contributed by atoms with Crippen LogP contribution in [-0.2, 0) is 14.2 Å². The van der Waals surface area contributed by atoms with Crippen molar-refractivity contribution in [1.82, 2.24) is 0 Å². The molecule has 0 bridgehead atoms. The Kier molecular flexibility index (Phi) is 21.1. The normalized spacial score (nSPS) is 20.0. The molecule has 0 aromatic heterocycles. The molecule has 192 valence electrons. The first kappa shape index (κ1) is 29.9. The second-order valence-corrected chi connectivity index (χ2v) is 10.0. The Labute approximate surface area is 200 Å². The minimum absolute atomic E-state index is 0.392. The molecule has 3 unspecified atom stereocenters. The van der Waals surface area contributed by atoms with E-state index in [-0.39, 0.29) is 0 Å². The maximum atomic E-state index is 9.52. The molecule has 4 nitrogen and oxygen atoms in total. The smallest absolute Gasteiger partial charge is 0.104 e. The van der Waals surface area contributed by atoms with Gasteiger partial charge in [-0.1, -0.05) is 117 Å².